The van der Waals surface area contributed by atoms with Crippen LogP contribution in [-0.4, -0.2) is 61.8 Å². The zero-order chi connectivity index (χ0) is 25.6. The summed E-state index contributed by atoms with van der Waals surface area (Å²) in [5.74, 6) is -0.331. The van der Waals surface area contributed by atoms with E-state index in [1.54, 1.807) is 13.8 Å². The van der Waals surface area contributed by atoms with E-state index in [-0.39, 0.29) is 24.1 Å². The summed E-state index contributed by atoms with van der Waals surface area (Å²) in [6.45, 7) is 5.60. The lowest BCUT2D eigenvalue weighted by molar-refractivity contribution is -0.238. The Kier molecular flexibility index (Phi) is 6.45. The molecule has 2 spiro atoms. The predicted octanol–water partition coefficient (Wildman–Crippen LogP) is 2.96. The Bertz CT molecular complexity index is 1060. The van der Waals surface area contributed by atoms with Crippen molar-refractivity contribution in [3.05, 3.63) is 59.1 Å². The van der Waals surface area contributed by atoms with E-state index in [1.165, 1.54) is 0 Å². The van der Waals surface area contributed by atoms with Crippen LogP contribution in [0.25, 0.3) is 0 Å². The molecule has 2 aliphatic carbocycles. The first kappa shape index (κ1) is 24.8. The van der Waals surface area contributed by atoms with Crippen LogP contribution in [0.1, 0.15) is 37.8 Å². The molecule has 5 aliphatic rings. The maximum atomic E-state index is 12.6. The molecule has 3 heterocycles. The molecule has 2 fully saturated rings. The van der Waals surface area contributed by atoms with Gasteiger partial charge in [0.1, 0.15) is 22.7 Å². The van der Waals surface area contributed by atoms with Gasteiger partial charge in [0.25, 0.3) is 0 Å². The van der Waals surface area contributed by atoms with E-state index >= 15 is 0 Å². The van der Waals surface area contributed by atoms with Gasteiger partial charge in [0, 0.05) is 0 Å². The number of cyclic esters (lactones) is 2. The summed E-state index contributed by atoms with van der Waals surface area (Å²) < 4.78 is 41.6. The second-order valence-electron chi connectivity index (χ2n) is 10.4. The number of ether oxygens (including phenoxy) is 7. The van der Waals surface area contributed by atoms with E-state index in [9.17, 15) is 9.59 Å². The zero-order valence-electron chi connectivity index (χ0n) is 21.1. The van der Waals surface area contributed by atoms with Crippen LogP contribution in [0, 0.1) is 11.8 Å². The van der Waals surface area contributed by atoms with Crippen LogP contribution in [0.5, 0.6) is 0 Å². The van der Waals surface area contributed by atoms with E-state index in [0.717, 1.165) is 11.1 Å². The summed E-state index contributed by atoms with van der Waals surface area (Å²) in [6.07, 6.45) is 4.30. The van der Waals surface area contributed by atoms with Gasteiger partial charge in [0.2, 0.25) is 0 Å². The molecule has 9 nitrogen and oxygen atoms in total. The SMILES string of the molecule is CC1=CC23OCc4cccc(c4)COC45C=C(C)OC(=O)C4CC5OCCOCCOC2CC3C(=O)O1. The molecule has 2 bridgehead atoms. The fraction of sp³-hybridized carbons (Fsp3) is 0.571. The molecule has 198 valence electrons. The second kappa shape index (κ2) is 9.63. The topological polar surface area (TPSA) is 98.8 Å². The van der Waals surface area contributed by atoms with E-state index < -0.39 is 23.0 Å². The maximum Gasteiger partial charge on any atom is 0.317 e. The molecule has 37 heavy (non-hydrogen) atoms. The number of carbonyl (C=O) groups excluding carboxylic acids is 2. The molecule has 6 atom stereocenters. The number of esters is 2. The first-order valence-electron chi connectivity index (χ1n) is 12.9. The van der Waals surface area contributed by atoms with Gasteiger partial charge >= 0.3 is 11.9 Å². The van der Waals surface area contributed by atoms with Crippen molar-refractivity contribution in [2.45, 2.75) is 63.3 Å². The Morgan fingerprint density at radius 1 is 0.730 bits per heavy atom. The first-order valence-corrected chi connectivity index (χ1v) is 12.9. The molecule has 1 aromatic rings. The normalized spacial score (nSPS) is 38.2. The van der Waals surface area contributed by atoms with Crippen LogP contribution in [-0.2, 0) is 56.0 Å². The molecule has 3 aliphatic heterocycles. The van der Waals surface area contributed by atoms with Gasteiger partial charge in [0.15, 0.2) is 0 Å². The van der Waals surface area contributed by atoms with Crippen molar-refractivity contribution >= 4 is 11.9 Å². The molecule has 0 radical (unpaired) electrons. The highest BCUT2D eigenvalue weighted by Crippen LogP contribution is 2.50. The number of rotatable bonds is 0. The lowest BCUT2D eigenvalue weighted by atomic mass is 9.65. The van der Waals surface area contributed by atoms with Crippen molar-refractivity contribution in [2.24, 2.45) is 11.8 Å². The smallest absolute Gasteiger partial charge is 0.317 e. The Morgan fingerprint density at radius 3 is 1.70 bits per heavy atom. The largest absolute Gasteiger partial charge is 0.431 e. The highest BCUT2D eigenvalue weighted by Gasteiger charge is 2.63. The van der Waals surface area contributed by atoms with Crippen LogP contribution >= 0.6 is 0 Å². The van der Waals surface area contributed by atoms with Crippen LogP contribution in [0.4, 0.5) is 0 Å². The van der Waals surface area contributed by atoms with Crippen LogP contribution in [0.2, 0.25) is 0 Å². The molecule has 6 rings (SSSR count). The Hall–Kier alpha value is -2.56. The molecule has 1 aromatic carbocycles. The average molecular weight is 513 g/mol. The van der Waals surface area contributed by atoms with Gasteiger partial charge in [-0.05, 0) is 50.0 Å². The van der Waals surface area contributed by atoms with E-state index in [0.29, 0.717) is 64.0 Å². The molecular weight excluding hydrogens is 480 g/mol. The van der Waals surface area contributed by atoms with Crippen LogP contribution in [0.15, 0.2) is 47.9 Å². The highest BCUT2D eigenvalue weighted by molar-refractivity contribution is 5.79. The number of hydrogen-bond donors (Lipinski definition) is 0. The second-order valence-corrected chi connectivity index (χ2v) is 10.4. The summed E-state index contributed by atoms with van der Waals surface area (Å²) in [4.78, 5) is 25.1. The lowest BCUT2D eigenvalue weighted by Gasteiger charge is -2.53. The summed E-state index contributed by atoms with van der Waals surface area (Å²) in [6, 6.07) is 7.93. The van der Waals surface area contributed by atoms with Crippen LogP contribution < -0.4 is 0 Å². The summed E-state index contributed by atoms with van der Waals surface area (Å²) in [7, 11) is 0. The van der Waals surface area contributed by atoms with Crippen molar-refractivity contribution in [1.82, 2.24) is 0 Å². The minimum atomic E-state index is -0.864. The third kappa shape index (κ3) is 4.32. The molecule has 0 N–H and O–H groups in total. The fourth-order valence-electron chi connectivity index (χ4n) is 6.09. The third-order valence-electron chi connectivity index (χ3n) is 8.01. The van der Waals surface area contributed by atoms with Gasteiger partial charge < -0.3 is 33.2 Å². The molecule has 9 heteroatoms. The molecule has 6 unspecified atom stereocenters. The first-order chi connectivity index (χ1) is 17.9. The molecule has 0 saturated heterocycles. The number of carbonyl (C=O) groups is 2. The zero-order valence-corrected chi connectivity index (χ0v) is 21.1. The predicted molar refractivity (Wildman–Crippen MR) is 128 cm³/mol. The van der Waals surface area contributed by atoms with Crippen molar-refractivity contribution in [3.8, 4) is 0 Å². The molecular formula is C28H32O9. The Morgan fingerprint density at radius 2 is 1.22 bits per heavy atom. The Labute approximate surface area is 215 Å². The average Bonchev–Trinajstić information content (AvgIpc) is 2.84. The van der Waals surface area contributed by atoms with Gasteiger partial charge in [0.05, 0.1) is 63.7 Å². The lowest BCUT2D eigenvalue weighted by Crippen LogP contribution is -2.65. The van der Waals surface area contributed by atoms with Crippen molar-refractivity contribution in [2.75, 3.05) is 26.4 Å². The van der Waals surface area contributed by atoms with Gasteiger partial charge in [-0.15, -0.1) is 0 Å². The summed E-state index contributed by atoms with van der Waals surface area (Å²) in [5, 5.41) is 0. The van der Waals surface area contributed by atoms with Crippen LogP contribution in [0.3, 0.4) is 0 Å². The third-order valence-corrected chi connectivity index (χ3v) is 8.01. The molecule has 0 amide bonds. The minimum absolute atomic E-state index is 0.265. The van der Waals surface area contributed by atoms with E-state index in [2.05, 4.69) is 0 Å². The van der Waals surface area contributed by atoms with Gasteiger partial charge in [-0.25, -0.2) is 0 Å². The van der Waals surface area contributed by atoms with Crippen molar-refractivity contribution in [1.29, 1.82) is 0 Å². The number of allylic oxidation sites excluding steroid dienone is 2. The van der Waals surface area contributed by atoms with Gasteiger partial charge in [-0.3, -0.25) is 9.59 Å². The molecule has 2 saturated carbocycles. The number of hydrogen-bond acceptors (Lipinski definition) is 9. The minimum Gasteiger partial charge on any atom is -0.431 e. The van der Waals surface area contributed by atoms with E-state index in [4.69, 9.17) is 33.2 Å². The molecule has 0 aromatic heterocycles. The quantitative estimate of drug-likeness (QED) is 0.486. The standard InChI is InChI=1S/C28H32O9/c1-17-13-27-21(25(29)36-17)11-23(27)32-8-6-31-7-9-33-24-12-22-26(30)37-18(2)14-28(22,24)35-16-20-5-3-4-19(10-20)15-34-27/h3-5,10,13-14,21-24H,6-9,11-12,15-16H2,1-2H3. The van der Waals surface area contributed by atoms with E-state index in [1.807, 2.05) is 36.4 Å². The maximum absolute atomic E-state index is 12.6. The van der Waals surface area contributed by atoms with Crippen molar-refractivity contribution < 1.29 is 42.7 Å². The Balaban J connectivity index is 1.26. The van der Waals surface area contributed by atoms with Gasteiger partial charge in [-0.2, -0.15) is 0 Å². The number of benzene rings is 1. The highest BCUT2D eigenvalue weighted by atomic mass is 16.6. The monoisotopic (exact) mass is 512 g/mol. The summed E-state index contributed by atoms with van der Waals surface area (Å²) in [5.41, 5.74) is 0.159. The summed E-state index contributed by atoms with van der Waals surface area (Å²) >= 11 is 0. The van der Waals surface area contributed by atoms with Crippen molar-refractivity contribution in [3.63, 3.8) is 0 Å². The fourth-order valence-corrected chi connectivity index (χ4v) is 6.09. The van der Waals surface area contributed by atoms with Gasteiger partial charge in [-0.1, -0.05) is 24.3 Å². The number of fused-ring (bicyclic) bond motifs is 2.